The van der Waals surface area contributed by atoms with Gasteiger partial charge in [-0.3, -0.25) is 4.79 Å². The van der Waals surface area contributed by atoms with E-state index in [1.54, 1.807) is 7.11 Å². The summed E-state index contributed by atoms with van der Waals surface area (Å²) in [5.74, 6) is 1.13. The van der Waals surface area contributed by atoms with Gasteiger partial charge in [0.2, 0.25) is 0 Å². The highest BCUT2D eigenvalue weighted by molar-refractivity contribution is 9.10. The van der Waals surface area contributed by atoms with Crippen LogP contribution in [0.2, 0.25) is 0 Å². The maximum Gasteiger partial charge on any atom is 0.169 e. The Morgan fingerprint density at radius 2 is 1.75 bits per heavy atom. The summed E-state index contributed by atoms with van der Waals surface area (Å²) in [6.45, 7) is 2.01. The summed E-state index contributed by atoms with van der Waals surface area (Å²) in [5, 5.41) is 0. The van der Waals surface area contributed by atoms with Gasteiger partial charge in [-0.15, -0.1) is 0 Å². The quantitative estimate of drug-likeness (QED) is 0.698. The number of Topliss-reactive ketones (excluding diaryl/α,β-unsaturated/α-hetero) is 1. The van der Waals surface area contributed by atoms with Crippen molar-refractivity contribution in [3.63, 3.8) is 0 Å². The van der Waals surface area contributed by atoms with Crippen molar-refractivity contribution in [2.24, 2.45) is 5.92 Å². The second kappa shape index (κ2) is 7.26. The molecule has 1 aliphatic carbocycles. The van der Waals surface area contributed by atoms with Gasteiger partial charge in [0, 0.05) is 10.4 Å². The Morgan fingerprint density at radius 3 is 2.35 bits per heavy atom. The first kappa shape index (κ1) is 15.6. The molecule has 0 saturated heterocycles. The molecule has 0 heterocycles. The summed E-state index contributed by atoms with van der Waals surface area (Å²) < 4.78 is 6.39. The van der Waals surface area contributed by atoms with E-state index in [1.165, 1.54) is 32.1 Å². The van der Waals surface area contributed by atoms with Gasteiger partial charge in [0.25, 0.3) is 0 Å². The van der Waals surface area contributed by atoms with Crippen LogP contribution in [-0.2, 0) is 0 Å². The lowest BCUT2D eigenvalue weighted by molar-refractivity contribution is 0.0895. The standard InChI is InChI=1S/C17H23BrO2/c1-12-10-16(20-2)14(11-15(12)18)17(19)13-8-6-4-3-5-7-9-13/h10-11,13H,3-9H2,1-2H3. The normalized spacial score (nSPS) is 17.4. The van der Waals surface area contributed by atoms with Crippen molar-refractivity contribution in [3.8, 4) is 5.75 Å². The monoisotopic (exact) mass is 338 g/mol. The van der Waals surface area contributed by atoms with Crippen LogP contribution in [0.1, 0.15) is 60.9 Å². The van der Waals surface area contributed by atoms with Gasteiger partial charge >= 0.3 is 0 Å². The molecule has 1 aromatic carbocycles. The number of aryl methyl sites for hydroxylation is 1. The van der Waals surface area contributed by atoms with E-state index >= 15 is 0 Å². The van der Waals surface area contributed by atoms with E-state index in [9.17, 15) is 4.79 Å². The number of benzene rings is 1. The van der Waals surface area contributed by atoms with Crippen molar-refractivity contribution < 1.29 is 9.53 Å². The maximum absolute atomic E-state index is 12.8. The highest BCUT2D eigenvalue weighted by atomic mass is 79.9. The molecular weight excluding hydrogens is 316 g/mol. The lowest BCUT2D eigenvalue weighted by Crippen LogP contribution is -2.17. The third-order valence-corrected chi connectivity index (χ3v) is 5.08. The first-order valence-electron chi connectivity index (χ1n) is 7.52. The van der Waals surface area contributed by atoms with Gasteiger partial charge in [0.1, 0.15) is 5.75 Å². The molecule has 1 aromatic rings. The third kappa shape index (κ3) is 3.63. The average molecular weight is 339 g/mol. The minimum absolute atomic E-state index is 0.166. The fraction of sp³-hybridized carbons (Fsp3) is 0.588. The first-order valence-corrected chi connectivity index (χ1v) is 8.31. The largest absolute Gasteiger partial charge is 0.496 e. The van der Waals surface area contributed by atoms with Crippen LogP contribution in [0.4, 0.5) is 0 Å². The predicted octanol–water partition coefficient (Wildman–Crippen LogP) is 5.31. The van der Waals surface area contributed by atoms with Crippen LogP contribution >= 0.6 is 15.9 Å². The third-order valence-electron chi connectivity index (χ3n) is 4.22. The van der Waals surface area contributed by atoms with E-state index in [-0.39, 0.29) is 11.7 Å². The fourth-order valence-electron chi connectivity index (χ4n) is 2.95. The first-order chi connectivity index (χ1) is 9.63. The molecule has 1 aliphatic rings. The van der Waals surface area contributed by atoms with Crippen molar-refractivity contribution in [2.75, 3.05) is 7.11 Å². The average Bonchev–Trinajstić information content (AvgIpc) is 2.40. The van der Waals surface area contributed by atoms with E-state index < -0.39 is 0 Å². The number of methoxy groups -OCH3 is 1. The number of rotatable bonds is 3. The van der Waals surface area contributed by atoms with Gasteiger partial charge in [0.05, 0.1) is 12.7 Å². The van der Waals surface area contributed by atoms with Crippen molar-refractivity contribution in [1.29, 1.82) is 0 Å². The number of carbonyl (C=O) groups is 1. The molecule has 20 heavy (non-hydrogen) atoms. The smallest absolute Gasteiger partial charge is 0.169 e. The summed E-state index contributed by atoms with van der Waals surface area (Å²) in [4.78, 5) is 12.8. The molecule has 1 fully saturated rings. The maximum atomic E-state index is 12.8. The molecular formula is C17H23BrO2. The predicted molar refractivity (Wildman–Crippen MR) is 85.6 cm³/mol. The molecule has 2 nitrogen and oxygen atoms in total. The second-order valence-electron chi connectivity index (χ2n) is 5.71. The molecule has 0 atom stereocenters. The Hall–Kier alpha value is -0.830. The van der Waals surface area contributed by atoms with Crippen LogP contribution in [0.15, 0.2) is 16.6 Å². The van der Waals surface area contributed by atoms with Crippen molar-refractivity contribution in [1.82, 2.24) is 0 Å². The Balaban J connectivity index is 2.24. The molecule has 0 aromatic heterocycles. The van der Waals surface area contributed by atoms with Crippen molar-refractivity contribution >= 4 is 21.7 Å². The zero-order chi connectivity index (χ0) is 14.5. The molecule has 0 spiro atoms. The van der Waals surface area contributed by atoms with Crippen molar-refractivity contribution in [3.05, 3.63) is 27.7 Å². The van der Waals surface area contributed by atoms with E-state index in [2.05, 4.69) is 15.9 Å². The number of carbonyl (C=O) groups excluding carboxylic acids is 1. The van der Waals surface area contributed by atoms with Gasteiger partial charge in [-0.1, -0.05) is 48.0 Å². The van der Waals surface area contributed by atoms with Crippen LogP contribution in [0.25, 0.3) is 0 Å². The Morgan fingerprint density at radius 1 is 1.15 bits per heavy atom. The van der Waals surface area contributed by atoms with Crippen molar-refractivity contribution in [2.45, 2.75) is 51.9 Å². The number of hydrogen-bond donors (Lipinski definition) is 0. The van der Waals surface area contributed by atoms with E-state index in [0.29, 0.717) is 5.75 Å². The zero-order valence-corrected chi connectivity index (χ0v) is 14.0. The van der Waals surface area contributed by atoms with Crippen LogP contribution in [0.3, 0.4) is 0 Å². The van der Waals surface area contributed by atoms with Gasteiger partial charge in [-0.25, -0.2) is 0 Å². The summed E-state index contributed by atoms with van der Waals surface area (Å²) in [6.07, 6.45) is 8.23. The fourth-order valence-corrected chi connectivity index (χ4v) is 3.30. The van der Waals surface area contributed by atoms with Crippen LogP contribution in [-0.4, -0.2) is 12.9 Å². The molecule has 3 heteroatoms. The van der Waals surface area contributed by atoms with Crippen LogP contribution in [0, 0.1) is 12.8 Å². The van der Waals surface area contributed by atoms with Gasteiger partial charge in [0.15, 0.2) is 5.78 Å². The molecule has 0 unspecified atom stereocenters. The zero-order valence-electron chi connectivity index (χ0n) is 12.4. The van der Waals surface area contributed by atoms with Gasteiger partial charge in [-0.2, -0.15) is 0 Å². The highest BCUT2D eigenvalue weighted by Crippen LogP contribution is 2.32. The molecule has 110 valence electrons. The molecule has 0 aliphatic heterocycles. The van der Waals surface area contributed by atoms with Crippen LogP contribution in [0.5, 0.6) is 5.75 Å². The van der Waals surface area contributed by atoms with E-state index in [4.69, 9.17) is 4.74 Å². The van der Waals surface area contributed by atoms with E-state index in [1.807, 2.05) is 19.1 Å². The second-order valence-corrected chi connectivity index (χ2v) is 6.56. The SMILES string of the molecule is COc1cc(C)c(Br)cc1C(=O)C1CCCCCCC1. The Bertz CT molecular complexity index is 474. The minimum Gasteiger partial charge on any atom is -0.496 e. The van der Waals surface area contributed by atoms with Gasteiger partial charge < -0.3 is 4.74 Å². The number of halogens is 1. The summed E-state index contributed by atoms with van der Waals surface area (Å²) in [5.41, 5.74) is 1.83. The van der Waals surface area contributed by atoms with Gasteiger partial charge in [-0.05, 0) is 37.5 Å². The van der Waals surface area contributed by atoms with E-state index in [0.717, 1.165) is 28.4 Å². The Labute approximate surface area is 130 Å². The lowest BCUT2D eigenvalue weighted by Gasteiger charge is -2.20. The molecule has 1 saturated carbocycles. The summed E-state index contributed by atoms with van der Waals surface area (Å²) in [7, 11) is 1.64. The minimum atomic E-state index is 0.166. The molecule has 0 radical (unpaired) electrons. The molecule has 2 rings (SSSR count). The highest BCUT2D eigenvalue weighted by Gasteiger charge is 2.24. The summed E-state index contributed by atoms with van der Waals surface area (Å²) >= 11 is 3.52. The number of hydrogen-bond acceptors (Lipinski definition) is 2. The lowest BCUT2D eigenvalue weighted by atomic mass is 9.85. The Kier molecular flexibility index (Phi) is 5.64. The number of ether oxygens (including phenoxy) is 1. The topological polar surface area (TPSA) is 26.3 Å². The molecule has 0 bridgehead atoms. The molecule has 0 amide bonds. The van der Waals surface area contributed by atoms with Crippen LogP contribution < -0.4 is 4.74 Å². The number of ketones is 1. The molecule has 0 N–H and O–H groups in total. The summed E-state index contributed by atoms with van der Waals surface area (Å²) in [6, 6.07) is 3.87.